The van der Waals surface area contributed by atoms with Gasteiger partial charge in [0.05, 0.1) is 10.5 Å². The van der Waals surface area contributed by atoms with Crippen LogP contribution >= 0.6 is 11.6 Å². The number of benzene rings is 2. The van der Waals surface area contributed by atoms with Gasteiger partial charge in [-0.15, -0.1) is 0 Å². The third kappa shape index (κ3) is 2.80. The lowest BCUT2D eigenvalue weighted by Crippen LogP contribution is -2.13. The number of H-pyrrole nitrogens is 1. The highest BCUT2D eigenvalue weighted by atomic mass is 35.5. The first-order valence-corrected chi connectivity index (χ1v) is 8.29. The Kier molecular flexibility index (Phi) is 3.89. The number of carbonyl (C=O) groups excluding carboxylic acids is 1. The van der Waals surface area contributed by atoms with E-state index in [9.17, 15) is 9.59 Å². The third-order valence-corrected chi connectivity index (χ3v) is 4.60. The van der Waals surface area contributed by atoms with E-state index in [-0.39, 0.29) is 18.1 Å². The van der Waals surface area contributed by atoms with Crippen LogP contribution in [0, 0.1) is 0 Å². The minimum absolute atomic E-state index is 0.144. The summed E-state index contributed by atoms with van der Waals surface area (Å²) in [6.07, 6.45) is 1.71. The molecule has 4 rings (SSSR count). The standard InChI is InChI=1S/C19H14ClN3O3/c20-17-13-3-1-2-4-14(13)22-18(17)19(26)21-12-6-5-11-7-8-23(10-16(24)25)15(11)9-12/h1-9,22H,10H2,(H,21,26)(H,24,25). The Morgan fingerprint density at radius 3 is 2.73 bits per heavy atom. The SMILES string of the molecule is O=C(O)Cn1ccc2ccc(NC(=O)c3[nH]c4ccccc4c3Cl)cc21. The number of nitrogens with zero attached hydrogens (tertiary/aromatic N) is 1. The van der Waals surface area contributed by atoms with Crippen molar-refractivity contribution < 1.29 is 14.7 Å². The summed E-state index contributed by atoms with van der Waals surface area (Å²) in [4.78, 5) is 26.6. The Balaban J connectivity index is 1.66. The van der Waals surface area contributed by atoms with Crippen molar-refractivity contribution in [1.82, 2.24) is 9.55 Å². The van der Waals surface area contributed by atoms with Crippen molar-refractivity contribution in [2.75, 3.05) is 5.32 Å². The zero-order valence-corrected chi connectivity index (χ0v) is 14.2. The molecular weight excluding hydrogens is 354 g/mol. The van der Waals surface area contributed by atoms with Crippen molar-refractivity contribution in [2.45, 2.75) is 6.54 Å². The predicted octanol–water partition coefficient (Wildman–Crippen LogP) is 4.11. The van der Waals surface area contributed by atoms with E-state index in [1.807, 2.05) is 36.4 Å². The van der Waals surface area contributed by atoms with Crippen LogP contribution in [0.1, 0.15) is 10.5 Å². The van der Waals surface area contributed by atoms with Gasteiger partial charge >= 0.3 is 5.97 Å². The zero-order valence-electron chi connectivity index (χ0n) is 13.5. The zero-order chi connectivity index (χ0) is 18.3. The summed E-state index contributed by atoms with van der Waals surface area (Å²) in [6, 6.07) is 14.6. The maximum absolute atomic E-state index is 12.6. The maximum atomic E-state index is 12.6. The number of anilines is 1. The van der Waals surface area contributed by atoms with Crippen molar-refractivity contribution in [2.24, 2.45) is 0 Å². The van der Waals surface area contributed by atoms with Gasteiger partial charge in [-0.1, -0.05) is 35.9 Å². The van der Waals surface area contributed by atoms with Gasteiger partial charge < -0.3 is 20.0 Å². The number of aromatic nitrogens is 2. The number of carboxylic acids is 1. The number of rotatable bonds is 4. The van der Waals surface area contributed by atoms with Gasteiger partial charge in [0, 0.05) is 22.8 Å². The second-order valence-corrected chi connectivity index (χ2v) is 6.30. The summed E-state index contributed by atoms with van der Waals surface area (Å²) in [7, 11) is 0. The highest BCUT2D eigenvalue weighted by Crippen LogP contribution is 2.28. The minimum atomic E-state index is -0.929. The number of carboxylic acid groups (broad SMARTS) is 1. The van der Waals surface area contributed by atoms with Crippen molar-refractivity contribution >= 4 is 51.0 Å². The molecule has 0 fully saturated rings. The first-order chi connectivity index (χ1) is 12.5. The van der Waals surface area contributed by atoms with Crippen molar-refractivity contribution in [3.8, 4) is 0 Å². The number of nitrogens with one attached hydrogen (secondary N) is 2. The van der Waals surface area contributed by atoms with E-state index < -0.39 is 5.97 Å². The van der Waals surface area contributed by atoms with Crippen LogP contribution in [-0.4, -0.2) is 26.5 Å². The predicted molar refractivity (Wildman–Crippen MR) is 101 cm³/mol. The van der Waals surface area contributed by atoms with E-state index in [1.165, 1.54) is 0 Å². The van der Waals surface area contributed by atoms with E-state index in [2.05, 4.69) is 10.3 Å². The lowest BCUT2D eigenvalue weighted by Gasteiger charge is -2.07. The van der Waals surface area contributed by atoms with Crippen molar-refractivity contribution in [3.63, 3.8) is 0 Å². The molecule has 1 amide bonds. The summed E-state index contributed by atoms with van der Waals surface area (Å²) in [5.41, 5.74) is 2.36. The second kappa shape index (κ2) is 6.24. The molecule has 0 aliphatic carbocycles. The lowest BCUT2D eigenvalue weighted by molar-refractivity contribution is -0.137. The summed E-state index contributed by atoms with van der Waals surface area (Å²) >= 11 is 6.32. The van der Waals surface area contributed by atoms with Crippen molar-refractivity contribution in [3.05, 3.63) is 65.4 Å². The molecule has 0 saturated carbocycles. The number of hydrogen-bond donors (Lipinski definition) is 3. The van der Waals surface area contributed by atoms with Crippen molar-refractivity contribution in [1.29, 1.82) is 0 Å². The molecule has 2 heterocycles. The Morgan fingerprint density at radius 1 is 1.15 bits per heavy atom. The van der Waals surface area contributed by atoms with E-state index in [0.717, 1.165) is 21.8 Å². The Morgan fingerprint density at radius 2 is 1.96 bits per heavy atom. The maximum Gasteiger partial charge on any atom is 0.323 e. The summed E-state index contributed by atoms with van der Waals surface area (Å²) in [5, 5.41) is 13.9. The van der Waals surface area contributed by atoms with E-state index >= 15 is 0 Å². The summed E-state index contributed by atoms with van der Waals surface area (Å²) < 4.78 is 1.61. The molecule has 0 atom stereocenters. The number of aliphatic carboxylic acids is 1. The molecule has 7 heteroatoms. The van der Waals surface area contributed by atoms with Crippen LogP contribution in [0.25, 0.3) is 21.8 Å². The number of carbonyl (C=O) groups is 2. The van der Waals surface area contributed by atoms with Crippen LogP contribution in [0.4, 0.5) is 5.69 Å². The van der Waals surface area contributed by atoms with Gasteiger partial charge in [-0.2, -0.15) is 0 Å². The fourth-order valence-corrected chi connectivity index (χ4v) is 3.30. The number of hydrogen-bond acceptors (Lipinski definition) is 2. The molecule has 0 unspecified atom stereocenters. The third-order valence-electron chi connectivity index (χ3n) is 4.21. The van der Waals surface area contributed by atoms with Gasteiger partial charge in [0.25, 0.3) is 5.91 Å². The first-order valence-electron chi connectivity index (χ1n) is 7.91. The first kappa shape index (κ1) is 16.2. The molecule has 0 spiro atoms. The topological polar surface area (TPSA) is 87.1 Å². The van der Waals surface area contributed by atoms with Gasteiger partial charge in [0.1, 0.15) is 12.2 Å². The monoisotopic (exact) mass is 367 g/mol. The number of fused-ring (bicyclic) bond motifs is 2. The van der Waals surface area contributed by atoms with E-state index in [1.54, 1.807) is 22.9 Å². The molecule has 0 aliphatic rings. The van der Waals surface area contributed by atoms with Gasteiger partial charge in [0.15, 0.2) is 0 Å². The molecule has 0 bridgehead atoms. The molecule has 0 aliphatic heterocycles. The average molecular weight is 368 g/mol. The molecule has 4 aromatic rings. The number of amides is 1. The van der Waals surface area contributed by atoms with Crippen LogP contribution in [0.5, 0.6) is 0 Å². The molecule has 26 heavy (non-hydrogen) atoms. The van der Waals surface area contributed by atoms with Gasteiger partial charge in [0.2, 0.25) is 0 Å². The number of aromatic amines is 1. The van der Waals surface area contributed by atoms with E-state index in [4.69, 9.17) is 16.7 Å². The smallest absolute Gasteiger partial charge is 0.323 e. The molecular formula is C19H14ClN3O3. The van der Waals surface area contributed by atoms with Gasteiger partial charge in [-0.05, 0) is 29.7 Å². The highest BCUT2D eigenvalue weighted by molar-refractivity contribution is 6.39. The molecule has 2 aromatic heterocycles. The molecule has 0 saturated heterocycles. The van der Waals surface area contributed by atoms with Crippen LogP contribution in [-0.2, 0) is 11.3 Å². The largest absolute Gasteiger partial charge is 0.480 e. The minimum Gasteiger partial charge on any atom is -0.480 e. The van der Waals surface area contributed by atoms with Gasteiger partial charge in [-0.3, -0.25) is 9.59 Å². The molecule has 130 valence electrons. The van der Waals surface area contributed by atoms with Crippen LogP contribution < -0.4 is 5.32 Å². The Bertz CT molecular complexity index is 1160. The highest BCUT2D eigenvalue weighted by Gasteiger charge is 2.16. The normalized spacial score (nSPS) is 11.1. The fourth-order valence-electron chi connectivity index (χ4n) is 3.00. The number of para-hydroxylation sites is 1. The summed E-state index contributed by atoms with van der Waals surface area (Å²) in [5.74, 6) is -1.29. The second-order valence-electron chi connectivity index (χ2n) is 5.92. The Labute approximate surface area is 153 Å². The Hall–Kier alpha value is -3.25. The quantitative estimate of drug-likeness (QED) is 0.507. The molecule has 2 aromatic carbocycles. The van der Waals surface area contributed by atoms with Gasteiger partial charge in [-0.25, -0.2) is 0 Å². The molecule has 6 nitrogen and oxygen atoms in total. The lowest BCUT2D eigenvalue weighted by atomic mass is 10.2. The molecule has 0 radical (unpaired) electrons. The molecule has 3 N–H and O–H groups in total. The van der Waals surface area contributed by atoms with Crippen LogP contribution in [0.15, 0.2) is 54.7 Å². The van der Waals surface area contributed by atoms with Crippen LogP contribution in [0.2, 0.25) is 5.02 Å². The summed E-state index contributed by atoms with van der Waals surface area (Å²) in [6.45, 7) is -0.144. The average Bonchev–Trinajstić information content (AvgIpc) is 3.16. The fraction of sp³-hybridized carbons (Fsp3) is 0.0526. The van der Waals surface area contributed by atoms with Crippen LogP contribution in [0.3, 0.4) is 0 Å². The van der Waals surface area contributed by atoms with E-state index in [0.29, 0.717) is 10.7 Å². The number of halogens is 1.